The van der Waals surface area contributed by atoms with Gasteiger partial charge in [-0.15, -0.1) is 0 Å². The van der Waals surface area contributed by atoms with Crippen molar-refractivity contribution in [2.24, 2.45) is 11.7 Å². The van der Waals surface area contributed by atoms with E-state index in [9.17, 15) is 4.39 Å². The molecule has 5 heteroatoms. The zero-order valence-electron chi connectivity index (χ0n) is 14.7. The van der Waals surface area contributed by atoms with Crippen molar-refractivity contribution >= 4 is 0 Å². The lowest BCUT2D eigenvalue weighted by Crippen LogP contribution is -2.22. The SMILES string of the molecule is NCC1CCN(Cc2cn(-c3ccccc3)nc2-c2ccc(F)cc2)C1. The standard InChI is InChI=1S/C21H23FN4/c22-19-8-6-17(7-9-19)21-18(14-25-11-10-16(12-23)13-25)15-26(24-21)20-4-2-1-3-5-20/h1-9,15-16H,10-14,23H2. The normalized spacial score (nSPS) is 17.7. The fourth-order valence-corrected chi connectivity index (χ4v) is 3.58. The topological polar surface area (TPSA) is 47.1 Å². The Bertz CT molecular complexity index is 857. The maximum atomic E-state index is 13.3. The fourth-order valence-electron chi connectivity index (χ4n) is 3.58. The summed E-state index contributed by atoms with van der Waals surface area (Å²) in [6, 6.07) is 16.6. The van der Waals surface area contributed by atoms with Gasteiger partial charge in [0.2, 0.25) is 0 Å². The van der Waals surface area contributed by atoms with E-state index in [2.05, 4.69) is 11.1 Å². The molecule has 1 atom stereocenters. The second-order valence-electron chi connectivity index (χ2n) is 6.92. The van der Waals surface area contributed by atoms with Gasteiger partial charge < -0.3 is 5.73 Å². The molecule has 0 aliphatic carbocycles. The fraction of sp³-hybridized carbons (Fsp3) is 0.286. The maximum Gasteiger partial charge on any atom is 0.123 e. The van der Waals surface area contributed by atoms with Crippen molar-refractivity contribution in [3.8, 4) is 16.9 Å². The van der Waals surface area contributed by atoms with Crippen LogP contribution in [-0.2, 0) is 6.54 Å². The minimum atomic E-state index is -0.233. The molecular weight excluding hydrogens is 327 g/mol. The van der Waals surface area contributed by atoms with E-state index in [1.165, 1.54) is 12.1 Å². The highest BCUT2D eigenvalue weighted by Crippen LogP contribution is 2.27. The van der Waals surface area contributed by atoms with Gasteiger partial charge in [0.25, 0.3) is 0 Å². The van der Waals surface area contributed by atoms with Crippen LogP contribution in [0.5, 0.6) is 0 Å². The average molecular weight is 350 g/mol. The van der Waals surface area contributed by atoms with Crippen LogP contribution in [0.2, 0.25) is 0 Å². The maximum absolute atomic E-state index is 13.3. The number of nitrogens with zero attached hydrogens (tertiary/aromatic N) is 3. The van der Waals surface area contributed by atoms with Crippen molar-refractivity contribution in [2.75, 3.05) is 19.6 Å². The van der Waals surface area contributed by atoms with E-state index in [4.69, 9.17) is 10.8 Å². The van der Waals surface area contributed by atoms with Crippen molar-refractivity contribution in [1.82, 2.24) is 14.7 Å². The first-order chi connectivity index (χ1) is 12.7. The lowest BCUT2D eigenvalue weighted by atomic mass is 10.1. The summed E-state index contributed by atoms with van der Waals surface area (Å²) in [5.74, 6) is 0.344. The third-order valence-electron chi connectivity index (χ3n) is 5.03. The quantitative estimate of drug-likeness (QED) is 0.767. The molecule has 3 aromatic rings. The third kappa shape index (κ3) is 3.54. The molecule has 1 aliphatic heterocycles. The lowest BCUT2D eigenvalue weighted by molar-refractivity contribution is 0.318. The van der Waals surface area contributed by atoms with E-state index in [0.717, 1.165) is 55.1 Å². The Hall–Kier alpha value is -2.50. The molecule has 0 saturated carbocycles. The van der Waals surface area contributed by atoms with Gasteiger partial charge in [0.15, 0.2) is 0 Å². The van der Waals surface area contributed by atoms with E-state index in [1.807, 2.05) is 35.0 Å². The molecule has 1 saturated heterocycles. The molecule has 4 rings (SSSR count). The van der Waals surface area contributed by atoms with Gasteiger partial charge in [0.05, 0.1) is 11.4 Å². The number of halogens is 1. The molecule has 2 aromatic carbocycles. The first-order valence-electron chi connectivity index (χ1n) is 9.05. The molecule has 134 valence electrons. The van der Waals surface area contributed by atoms with Crippen LogP contribution in [0.25, 0.3) is 16.9 Å². The highest BCUT2D eigenvalue weighted by molar-refractivity contribution is 5.63. The van der Waals surface area contributed by atoms with Crippen molar-refractivity contribution in [3.63, 3.8) is 0 Å². The first-order valence-corrected chi connectivity index (χ1v) is 9.05. The third-order valence-corrected chi connectivity index (χ3v) is 5.03. The molecule has 1 unspecified atom stereocenters. The van der Waals surface area contributed by atoms with Gasteiger partial charge in [-0.05, 0) is 61.8 Å². The van der Waals surface area contributed by atoms with E-state index < -0.39 is 0 Å². The summed E-state index contributed by atoms with van der Waals surface area (Å²) in [5.41, 5.74) is 9.84. The molecule has 4 nitrogen and oxygen atoms in total. The van der Waals surface area contributed by atoms with Crippen LogP contribution in [-0.4, -0.2) is 34.3 Å². The molecule has 0 amide bonds. The van der Waals surface area contributed by atoms with Crippen molar-refractivity contribution < 1.29 is 4.39 Å². The molecular formula is C21H23FN4. The Labute approximate surface area is 153 Å². The van der Waals surface area contributed by atoms with Crippen LogP contribution >= 0.6 is 0 Å². The second-order valence-corrected chi connectivity index (χ2v) is 6.92. The van der Waals surface area contributed by atoms with Crippen molar-refractivity contribution in [3.05, 3.63) is 72.2 Å². The molecule has 2 N–H and O–H groups in total. The minimum Gasteiger partial charge on any atom is -0.330 e. The summed E-state index contributed by atoms with van der Waals surface area (Å²) >= 11 is 0. The Kier molecular flexibility index (Phi) is 4.82. The van der Waals surface area contributed by atoms with Crippen LogP contribution in [0.15, 0.2) is 60.8 Å². The number of aromatic nitrogens is 2. The molecule has 1 aromatic heterocycles. The number of nitrogens with two attached hydrogens (primary N) is 1. The van der Waals surface area contributed by atoms with E-state index in [-0.39, 0.29) is 5.82 Å². The molecule has 1 aliphatic rings. The van der Waals surface area contributed by atoms with Crippen LogP contribution < -0.4 is 5.73 Å². The molecule has 0 bridgehead atoms. The second kappa shape index (κ2) is 7.40. The van der Waals surface area contributed by atoms with E-state index in [1.54, 1.807) is 12.1 Å². The van der Waals surface area contributed by atoms with Crippen molar-refractivity contribution in [2.45, 2.75) is 13.0 Å². The van der Waals surface area contributed by atoms with Gasteiger partial charge in [-0.25, -0.2) is 9.07 Å². The molecule has 1 fully saturated rings. The predicted molar refractivity (Wildman–Crippen MR) is 101 cm³/mol. The van der Waals surface area contributed by atoms with Gasteiger partial charge in [-0.3, -0.25) is 4.90 Å². The number of hydrogen-bond donors (Lipinski definition) is 1. The van der Waals surface area contributed by atoms with Crippen molar-refractivity contribution in [1.29, 1.82) is 0 Å². The molecule has 0 spiro atoms. The van der Waals surface area contributed by atoms with Gasteiger partial charge >= 0.3 is 0 Å². The highest BCUT2D eigenvalue weighted by atomic mass is 19.1. The Morgan fingerprint density at radius 2 is 1.85 bits per heavy atom. The number of para-hydroxylation sites is 1. The molecule has 0 radical (unpaired) electrons. The first kappa shape index (κ1) is 16.9. The largest absolute Gasteiger partial charge is 0.330 e. The van der Waals surface area contributed by atoms with Crippen LogP contribution in [0.4, 0.5) is 4.39 Å². The smallest absolute Gasteiger partial charge is 0.123 e. The summed E-state index contributed by atoms with van der Waals surface area (Å²) in [7, 11) is 0. The Morgan fingerprint density at radius 1 is 1.08 bits per heavy atom. The zero-order chi connectivity index (χ0) is 17.9. The average Bonchev–Trinajstić information content (AvgIpc) is 3.30. The highest BCUT2D eigenvalue weighted by Gasteiger charge is 2.23. The van der Waals surface area contributed by atoms with E-state index >= 15 is 0 Å². The van der Waals surface area contributed by atoms with Gasteiger partial charge in [0.1, 0.15) is 5.82 Å². The zero-order valence-corrected chi connectivity index (χ0v) is 14.7. The number of rotatable bonds is 5. The number of likely N-dealkylation sites (tertiary alicyclic amines) is 1. The monoisotopic (exact) mass is 350 g/mol. The summed E-state index contributed by atoms with van der Waals surface area (Å²) in [5, 5.41) is 4.80. The number of hydrogen-bond acceptors (Lipinski definition) is 3. The summed E-state index contributed by atoms with van der Waals surface area (Å²) in [4.78, 5) is 2.43. The van der Waals surface area contributed by atoms with Gasteiger partial charge in [-0.2, -0.15) is 5.10 Å². The Balaban J connectivity index is 1.68. The molecule has 26 heavy (non-hydrogen) atoms. The van der Waals surface area contributed by atoms with Crippen LogP contribution in [0, 0.1) is 11.7 Å². The van der Waals surface area contributed by atoms with Gasteiger partial charge in [0, 0.05) is 30.4 Å². The predicted octanol–water partition coefficient (Wildman–Crippen LogP) is 3.46. The van der Waals surface area contributed by atoms with Crippen LogP contribution in [0.3, 0.4) is 0 Å². The Morgan fingerprint density at radius 3 is 2.54 bits per heavy atom. The van der Waals surface area contributed by atoms with Gasteiger partial charge in [-0.1, -0.05) is 18.2 Å². The molecule has 2 heterocycles. The van der Waals surface area contributed by atoms with Crippen LogP contribution in [0.1, 0.15) is 12.0 Å². The minimum absolute atomic E-state index is 0.233. The summed E-state index contributed by atoms with van der Waals surface area (Å²) in [6.07, 6.45) is 3.24. The summed E-state index contributed by atoms with van der Waals surface area (Å²) in [6.45, 7) is 3.65. The lowest BCUT2D eigenvalue weighted by Gasteiger charge is -2.15. The van der Waals surface area contributed by atoms with E-state index in [0.29, 0.717) is 5.92 Å². The summed E-state index contributed by atoms with van der Waals surface area (Å²) < 4.78 is 15.2. The number of benzene rings is 2.